The Morgan fingerprint density at radius 1 is 1.50 bits per heavy atom. The maximum absolute atomic E-state index is 10.6. The molecule has 0 atom stereocenters. The summed E-state index contributed by atoms with van der Waals surface area (Å²) in [6.45, 7) is 0. The highest BCUT2D eigenvalue weighted by Gasteiger charge is 2.12. The van der Waals surface area contributed by atoms with Gasteiger partial charge in [-0.3, -0.25) is 5.41 Å². The Morgan fingerprint density at radius 3 is 2.94 bits per heavy atom. The second kappa shape index (κ2) is 3.98. The van der Waals surface area contributed by atoms with Gasteiger partial charge in [-0.25, -0.2) is 4.79 Å². The van der Waals surface area contributed by atoms with Crippen LogP contribution < -0.4 is 0 Å². The molecule has 16 heavy (non-hydrogen) atoms. The van der Waals surface area contributed by atoms with Crippen LogP contribution in [0, 0.1) is 5.41 Å². The summed E-state index contributed by atoms with van der Waals surface area (Å²) in [5.41, 5.74) is 1.21. The number of aliphatic carboxylic acids is 1. The number of benzene rings is 1. The van der Waals surface area contributed by atoms with Crippen molar-refractivity contribution in [2.75, 3.05) is 0 Å². The van der Waals surface area contributed by atoms with Gasteiger partial charge in [-0.2, -0.15) is 0 Å². The Bertz CT molecular complexity index is 574. The second-order valence-corrected chi connectivity index (χ2v) is 3.84. The van der Waals surface area contributed by atoms with Crippen LogP contribution in [0.2, 0.25) is 5.02 Å². The van der Waals surface area contributed by atoms with Gasteiger partial charge in [0.15, 0.2) is 0 Å². The van der Waals surface area contributed by atoms with Gasteiger partial charge in [0.05, 0.1) is 10.5 Å². The molecule has 1 heterocycles. The summed E-state index contributed by atoms with van der Waals surface area (Å²) in [7, 11) is 0. The van der Waals surface area contributed by atoms with Crippen LogP contribution in [-0.4, -0.2) is 21.8 Å². The van der Waals surface area contributed by atoms with E-state index in [0.29, 0.717) is 5.02 Å². The molecular formula is C11H9ClN2O2. The van der Waals surface area contributed by atoms with Crippen LogP contribution in [0.15, 0.2) is 24.4 Å². The maximum atomic E-state index is 10.6. The predicted octanol–water partition coefficient (Wildman–Crippen LogP) is 2.47. The Morgan fingerprint density at radius 2 is 2.25 bits per heavy atom. The van der Waals surface area contributed by atoms with Crippen molar-refractivity contribution < 1.29 is 9.90 Å². The van der Waals surface area contributed by atoms with E-state index in [1.807, 2.05) is 6.07 Å². The summed E-state index contributed by atoms with van der Waals surface area (Å²) < 4.78 is 0. The van der Waals surface area contributed by atoms with E-state index in [1.165, 1.54) is 0 Å². The number of hydrogen-bond acceptors (Lipinski definition) is 2. The summed E-state index contributed by atoms with van der Waals surface area (Å²) >= 11 is 5.97. The van der Waals surface area contributed by atoms with E-state index in [2.05, 4.69) is 4.98 Å². The van der Waals surface area contributed by atoms with Crippen LogP contribution in [0.1, 0.15) is 5.56 Å². The maximum Gasteiger partial charge on any atom is 0.349 e. The van der Waals surface area contributed by atoms with Gasteiger partial charge in [0.25, 0.3) is 0 Å². The molecule has 0 fully saturated rings. The van der Waals surface area contributed by atoms with Gasteiger partial charge in [0.2, 0.25) is 0 Å². The smallest absolute Gasteiger partial charge is 0.349 e. The van der Waals surface area contributed by atoms with E-state index >= 15 is 0 Å². The number of aromatic amines is 1. The second-order valence-electron chi connectivity index (χ2n) is 3.44. The average Bonchev–Trinajstić information content (AvgIpc) is 2.63. The third kappa shape index (κ3) is 1.79. The number of carboxylic acid groups (broad SMARTS) is 1. The minimum absolute atomic E-state index is 0.0929. The first-order valence-corrected chi connectivity index (χ1v) is 5.02. The van der Waals surface area contributed by atoms with E-state index < -0.39 is 5.97 Å². The minimum Gasteiger partial charge on any atom is -0.477 e. The lowest BCUT2D eigenvalue weighted by atomic mass is 10.1. The lowest BCUT2D eigenvalue weighted by Crippen LogP contribution is -2.13. The molecule has 0 saturated heterocycles. The SMILES string of the molecule is N=C(Cc1c[nH]c2c(Cl)cccc12)C(=O)O. The zero-order valence-electron chi connectivity index (χ0n) is 8.25. The number of aromatic nitrogens is 1. The number of para-hydroxylation sites is 1. The van der Waals surface area contributed by atoms with Crippen molar-refractivity contribution in [3.63, 3.8) is 0 Å². The quantitative estimate of drug-likeness (QED) is 0.716. The average molecular weight is 237 g/mol. The van der Waals surface area contributed by atoms with Gasteiger partial charge in [-0.1, -0.05) is 23.7 Å². The van der Waals surface area contributed by atoms with E-state index in [1.54, 1.807) is 18.3 Å². The molecular weight excluding hydrogens is 228 g/mol. The predicted molar refractivity (Wildman–Crippen MR) is 62.4 cm³/mol. The molecule has 1 aromatic heterocycles. The molecule has 1 aromatic carbocycles. The fourth-order valence-electron chi connectivity index (χ4n) is 1.59. The molecule has 2 aromatic rings. The van der Waals surface area contributed by atoms with Crippen molar-refractivity contribution >= 4 is 34.2 Å². The molecule has 0 saturated carbocycles. The summed E-state index contributed by atoms with van der Waals surface area (Å²) in [6.07, 6.45) is 1.78. The number of halogens is 1. The highest BCUT2D eigenvalue weighted by Crippen LogP contribution is 2.25. The zero-order valence-corrected chi connectivity index (χ0v) is 9.01. The fraction of sp³-hybridized carbons (Fsp3) is 0.0909. The molecule has 4 nitrogen and oxygen atoms in total. The molecule has 0 bridgehead atoms. The van der Waals surface area contributed by atoms with Gasteiger partial charge in [0, 0.05) is 18.0 Å². The Balaban J connectivity index is 2.43. The summed E-state index contributed by atoms with van der Waals surface area (Å²) in [5, 5.41) is 17.4. The first kappa shape index (κ1) is 10.7. The summed E-state index contributed by atoms with van der Waals surface area (Å²) in [6, 6.07) is 5.40. The zero-order chi connectivity index (χ0) is 11.7. The van der Waals surface area contributed by atoms with Gasteiger partial charge in [0.1, 0.15) is 5.71 Å². The first-order chi connectivity index (χ1) is 7.59. The summed E-state index contributed by atoms with van der Waals surface area (Å²) in [4.78, 5) is 13.5. The highest BCUT2D eigenvalue weighted by molar-refractivity contribution is 6.36. The standard InChI is InChI=1S/C11H9ClN2O2/c12-8-3-1-2-7-6(5-14-10(7)8)4-9(13)11(15)16/h1-3,5,13-14H,4H2,(H,15,16). The van der Waals surface area contributed by atoms with Crippen LogP contribution in [-0.2, 0) is 11.2 Å². The molecule has 5 heteroatoms. The Kier molecular flexibility index (Phi) is 2.66. The van der Waals surface area contributed by atoms with E-state index in [-0.39, 0.29) is 12.1 Å². The van der Waals surface area contributed by atoms with Gasteiger partial charge >= 0.3 is 5.97 Å². The number of carbonyl (C=O) groups is 1. The number of H-pyrrole nitrogens is 1. The fourth-order valence-corrected chi connectivity index (χ4v) is 1.82. The van der Waals surface area contributed by atoms with Crippen molar-refractivity contribution in [1.29, 1.82) is 5.41 Å². The number of carboxylic acids is 1. The van der Waals surface area contributed by atoms with E-state index in [9.17, 15) is 4.79 Å². The molecule has 0 radical (unpaired) electrons. The molecule has 82 valence electrons. The number of rotatable bonds is 3. The van der Waals surface area contributed by atoms with E-state index in [0.717, 1.165) is 16.5 Å². The van der Waals surface area contributed by atoms with Crippen molar-refractivity contribution in [3.05, 3.63) is 35.0 Å². The van der Waals surface area contributed by atoms with Crippen molar-refractivity contribution in [1.82, 2.24) is 4.98 Å². The van der Waals surface area contributed by atoms with Gasteiger partial charge < -0.3 is 10.1 Å². The number of nitrogens with one attached hydrogen (secondary N) is 2. The van der Waals surface area contributed by atoms with Gasteiger partial charge in [-0.15, -0.1) is 0 Å². The van der Waals surface area contributed by atoms with Crippen LogP contribution in [0.25, 0.3) is 10.9 Å². The van der Waals surface area contributed by atoms with Crippen LogP contribution >= 0.6 is 11.6 Å². The topological polar surface area (TPSA) is 76.9 Å². The molecule has 0 unspecified atom stereocenters. The van der Waals surface area contributed by atoms with Crippen molar-refractivity contribution in [3.8, 4) is 0 Å². The molecule has 0 aliphatic carbocycles. The number of fused-ring (bicyclic) bond motifs is 1. The molecule has 0 amide bonds. The Labute approximate surface area is 96.4 Å². The van der Waals surface area contributed by atoms with Crippen molar-refractivity contribution in [2.45, 2.75) is 6.42 Å². The third-order valence-corrected chi connectivity index (χ3v) is 2.69. The van der Waals surface area contributed by atoms with Crippen molar-refractivity contribution in [2.24, 2.45) is 0 Å². The van der Waals surface area contributed by atoms with Crippen LogP contribution in [0.3, 0.4) is 0 Å². The highest BCUT2D eigenvalue weighted by atomic mass is 35.5. The minimum atomic E-state index is -1.20. The number of hydrogen-bond donors (Lipinski definition) is 3. The molecule has 3 N–H and O–H groups in total. The lowest BCUT2D eigenvalue weighted by molar-refractivity contribution is -0.129. The monoisotopic (exact) mass is 236 g/mol. The van der Waals surface area contributed by atoms with Crippen LogP contribution in [0.5, 0.6) is 0 Å². The lowest BCUT2D eigenvalue weighted by Gasteiger charge is -1.98. The van der Waals surface area contributed by atoms with Crippen LogP contribution in [0.4, 0.5) is 0 Å². The molecule has 0 aliphatic heterocycles. The van der Waals surface area contributed by atoms with Gasteiger partial charge in [-0.05, 0) is 11.6 Å². The Hall–Kier alpha value is -1.81. The molecule has 2 rings (SSSR count). The summed E-state index contributed by atoms with van der Waals surface area (Å²) in [5.74, 6) is -1.20. The normalized spacial score (nSPS) is 10.6. The third-order valence-electron chi connectivity index (χ3n) is 2.38. The largest absolute Gasteiger partial charge is 0.477 e. The van der Waals surface area contributed by atoms with E-state index in [4.69, 9.17) is 22.1 Å². The first-order valence-electron chi connectivity index (χ1n) is 4.65. The molecule has 0 aliphatic rings. The molecule has 0 spiro atoms.